The SMILES string of the molecule is S=C1CC(c2cccs2)=C2C(=S)NC(c3cccs3)=C12. The summed E-state index contributed by atoms with van der Waals surface area (Å²) in [5.74, 6) is 0. The third-order valence-corrected chi connectivity index (χ3v) is 5.94. The Morgan fingerprint density at radius 1 is 0.950 bits per heavy atom. The molecule has 0 atom stereocenters. The number of thiocarbonyl (C=S) groups is 2. The van der Waals surface area contributed by atoms with Gasteiger partial charge in [-0.1, -0.05) is 36.6 Å². The lowest BCUT2D eigenvalue weighted by Gasteiger charge is -2.04. The Bertz CT molecular complexity index is 708. The van der Waals surface area contributed by atoms with Crippen LogP contribution in [0.1, 0.15) is 16.2 Å². The molecule has 2 aromatic rings. The average molecular weight is 332 g/mol. The maximum absolute atomic E-state index is 5.62. The minimum Gasteiger partial charge on any atom is -0.344 e. The van der Waals surface area contributed by atoms with Crippen molar-refractivity contribution in [2.45, 2.75) is 6.42 Å². The van der Waals surface area contributed by atoms with Gasteiger partial charge in [-0.3, -0.25) is 0 Å². The number of thiophene rings is 2. The van der Waals surface area contributed by atoms with Crippen LogP contribution in [0.15, 0.2) is 46.2 Å². The van der Waals surface area contributed by atoms with E-state index >= 15 is 0 Å². The van der Waals surface area contributed by atoms with Gasteiger partial charge in [0.05, 0.1) is 10.6 Å². The molecule has 0 saturated carbocycles. The fraction of sp³-hybridized carbons (Fsp3) is 0.0667. The summed E-state index contributed by atoms with van der Waals surface area (Å²) in [7, 11) is 0. The van der Waals surface area contributed by atoms with Crippen molar-refractivity contribution in [2.24, 2.45) is 0 Å². The highest BCUT2D eigenvalue weighted by atomic mass is 32.1. The molecule has 0 aromatic carbocycles. The highest BCUT2D eigenvalue weighted by Crippen LogP contribution is 2.44. The number of hydrogen-bond donors (Lipinski definition) is 1. The highest BCUT2D eigenvalue weighted by Gasteiger charge is 2.36. The van der Waals surface area contributed by atoms with Gasteiger partial charge in [0.2, 0.25) is 0 Å². The molecule has 20 heavy (non-hydrogen) atoms. The second-order valence-corrected chi connectivity index (χ2v) is 7.41. The molecule has 5 heteroatoms. The minimum absolute atomic E-state index is 0.812. The summed E-state index contributed by atoms with van der Waals surface area (Å²) in [4.78, 5) is 4.28. The minimum atomic E-state index is 0.812. The quantitative estimate of drug-likeness (QED) is 0.803. The first-order chi connectivity index (χ1) is 9.75. The second kappa shape index (κ2) is 4.70. The molecule has 1 N–H and O–H groups in total. The summed E-state index contributed by atoms with van der Waals surface area (Å²) >= 11 is 14.6. The van der Waals surface area contributed by atoms with Crippen molar-refractivity contribution in [3.63, 3.8) is 0 Å². The van der Waals surface area contributed by atoms with Crippen LogP contribution in [0.5, 0.6) is 0 Å². The zero-order valence-electron chi connectivity index (χ0n) is 10.3. The van der Waals surface area contributed by atoms with E-state index in [4.69, 9.17) is 24.4 Å². The molecule has 0 bridgehead atoms. The zero-order chi connectivity index (χ0) is 13.7. The number of hydrogen-bond acceptors (Lipinski definition) is 4. The van der Waals surface area contributed by atoms with Gasteiger partial charge < -0.3 is 5.32 Å². The largest absolute Gasteiger partial charge is 0.344 e. The van der Waals surface area contributed by atoms with E-state index in [1.807, 2.05) is 0 Å². The van der Waals surface area contributed by atoms with Gasteiger partial charge in [0, 0.05) is 27.3 Å². The Hall–Kier alpha value is -1.14. The third-order valence-electron chi connectivity index (χ3n) is 3.47. The molecule has 1 nitrogen and oxygen atoms in total. The van der Waals surface area contributed by atoms with E-state index < -0.39 is 0 Å². The molecule has 0 fully saturated rings. The van der Waals surface area contributed by atoms with Crippen molar-refractivity contribution in [1.29, 1.82) is 0 Å². The van der Waals surface area contributed by atoms with Crippen LogP contribution in [-0.2, 0) is 0 Å². The van der Waals surface area contributed by atoms with E-state index in [1.165, 1.54) is 15.3 Å². The Balaban J connectivity index is 1.95. The molecule has 98 valence electrons. The third kappa shape index (κ3) is 1.78. The Labute approximate surface area is 135 Å². The van der Waals surface area contributed by atoms with Gasteiger partial charge in [0.25, 0.3) is 0 Å². The summed E-state index contributed by atoms with van der Waals surface area (Å²) < 4.78 is 0. The number of rotatable bonds is 2. The number of allylic oxidation sites excluding steroid dienone is 1. The van der Waals surface area contributed by atoms with Crippen LogP contribution in [0.2, 0.25) is 0 Å². The van der Waals surface area contributed by atoms with Gasteiger partial charge in [0.15, 0.2) is 0 Å². The lowest BCUT2D eigenvalue weighted by molar-refractivity contribution is 1.38. The summed E-state index contributed by atoms with van der Waals surface area (Å²) in [6.45, 7) is 0. The Morgan fingerprint density at radius 2 is 1.65 bits per heavy atom. The maximum Gasteiger partial charge on any atom is 0.112 e. The first-order valence-corrected chi connectivity index (χ1v) is 8.73. The molecule has 3 heterocycles. The van der Waals surface area contributed by atoms with Gasteiger partial charge in [-0.25, -0.2) is 0 Å². The molecule has 2 aliphatic rings. The van der Waals surface area contributed by atoms with Gasteiger partial charge in [0.1, 0.15) is 4.99 Å². The summed E-state index contributed by atoms with van der Waals surface area (Å²) in [5, 5.41) is 7.53. The predicted molar refractivity (Wildman–Crippen MR) is 95.4 cm³/mol. The van der Waals surface area contributed by atoms with E-state index in [0.717, 1.165) is 33.1 Å². The van der Waals surface area contributed by atoms with Crippen molar-refractivity contribution in [3.05, 3.63) is 55.9 Å². The molecule has 0 amide bonds. The van der Waals surface area contributed by atoms with Crippen LogP contribution in [0.4, 0.5) is 0 Å². The summed E-state index contributed by atoms with van der Waals surface area (Å²) in [5.41, 5.74) is 4.67. The van der Waals surface area contributed by atoms with Crippen molar-refractivity contribution < 1.29 is 0 Å². The maximum atomic E-state index is 5.62. The molecule has 2 aromatic heterocycles. The van der Waals surface area contributed by atoms with Crippen molar-refractivity contribution in [2.75, 3.05) is 0 Å². The topological polar surface area (TPSA) is 12.0 Å². The molecule has 0 saturated heterocycles. The fourth-order valence-corrected chi connectivity index (χ4v) is 4.83. The molecular formula is C15H9NS4. The van der Waals surface area contributed by atoms with E-state index in [1.54, 1.807) is 22.7 Å². The molecule has 1 aliphatic carbocycles. The van der Waals surface area contributed by atoms with Crippen LogP contribution >= 0.6 is 47.1 Å². The Morgan fingerprint density at radius 3 is 2.30 bits per heavy atom. The fourth-order valence-electron chi connectivity index (χ4n) is 2.65. The van der Waals surface area contributed by atoms with Gasteiger partial charge in [-0.2, -0.15) is 0 Å². The van der Waals surface area contributed by atoms with Gasteiger partial charge >= 0.3 is 0 Å². The molecular weight excluding hydrogens is 322 g/mol. The van der Waals surface area contributed by atoms with Crippen LogP contribution in [-0.4, -0.2) is 9.85 Å². The molecule has 0 radical (unpaired) electrons. The summed E-state index contributed by atoms with van der Waals surface area (Å²) in [6.07, 6.45) is 0.831. The van der Waals surface area contributed by atoms with Crippen LogP contribution in [0.3, 0.4) is 0 Å². The van der Waals surface area contributed by atoms with Crippen molar-refractivity contribution in [3.8, 4) is 0 Å². The average Bonchev–Trinajstić information content (AvgIpc) is 3.17. The van der Waals surface area contributed by atoms with E-state index in [-0.39, 0.29) is 0 Å². The first kappa shape index (κ1) is 12.6. The second-order valence-electron chi connectivity index (χ2n) is 4.61. The number of nitrogens with one attached hydrogen (secondary N) is 1. The normalized spacial score (nSPS) is 18.0. The highest BCUT2D eigenvalue weighted by molar-refractivity contribution is 7.81. The lowest BCUT2D eigenvalue weighted by Crippen LogP contribution is -2.14. The van der Waals surface area contributed by atoms with Crippen LogP contribution in [0, 0.1) is 0 Å². The van der Waals surface area contributed by atoms with E-state index in [9.17, 15) is 0 Å². The first-order valence-electron chi connectivity index (χ1n) is 6.16. The number of fused-ring (bicyclic) bond motifs is 1. The van der Waals surface area contributed by atoms with Crippen LogP contribution < -0.4 is 5.32 Å². The molecule has 1 aliphatic heterocycles. The lowest BCUT2D eigenvalue weighted by atomic mass is 10.1. The smallest absolute Gasteiger partial charge is 0.112 e. The van der Waals surface area contributed by atoms with Gasteiger partial charge in [-0.15, -0.1) is 22.7 Å². The summed E-state index contributed by atoms with van der Waals surface area (Å²) in [6, 6.07) is 8.38. The Kier molecular flexibility index (Phi) is 2.96. The molecule has 0 unspecified atom stereocenters. The van der Waals surface area contributed by atoms with E-state index in [2.05, 4.69) is 40.3 Å². The molecule has 4 rings (SSSR count). The predicted octanol–water partition coefficient (Wildman–Crippen LogP) is 4.68. The van der Waals surface area contributed by atoms with Crippen LogP contribution in [0.25, 0.3) is 11.3 Å². The van der Waals surface area contributed by atoms with Crippen molar-refractivity contribution in [1.82, 2.24) is 5.32 Å². The molecule has 0 spiro atoms. The van der Waals surface area contributed by atoms with Crippen molar-refractivity contribution >= 4 is 68.2 Å². The van der Waals surface area contributed by atoms with Gasteiger partial charge in [-0.05, 0) is 28.5 Å². The van der Waals surface area contributed by atoms with E-state index in [0.29, 0.717) is 0 Å². The zero-order valence-corrected chi connectivity index (χ0v) is 13.6. The monoisotopic (exact) mass is 331 g/mol. The standard InChI is InChI=1S/C15H9NS4/c17-9-7-8(10-3-1-5-19-10)12-13(9)14(16-15(12)18)11-4-2-6-20-11/h1-6H,7H2,(H,16,18).